The van der Waals surface area contributed by atoms with Gasteiger partial charge in [-0.15, -0.1) is 0 Å². The number of hydrogen-bond donors (Lipinski definition) is 1. The van der Waals surface area contributed by atoms with Gasteiger partial charge in [0.2, 0.25) is 0 Å². The van der Waals surface area contributed by atoms with E-state index >= 15 is 0 Å². The molecule has 1 aliphatic rings. The molecule has 0 radical (unpaired) electrons. The van der Waals surface area contributed by atoms with Crippen molar-refractivity contribution in [1.82, 2.24) is 14.7 Å². The number of aromatic nitrogens is 3. The molecule has 1 aliphatic heterocycles. The summed E-state index contributed by atoms with van der Waals surface area (Å²) in [5.74, 6) is -0.943. The van der Waals surface area contributed by atoms with Crippen molar-refractivity contribution in [2.45, 2.75) is 33.2 Å². The molecule has 37 heavy (non-hydrogen) atoms. The molecule has 0 unspecified atom stereocenters. The van der Waals surface area contributed by atoms with Gasteiger partial charge < -0.3 is 0 Å². The van der Waals surface area contributed by atoms with Gasteiger partial charge in [0.25, 0.3) is 17.2 Å². The van der Waals surface area contributed by atoms with E-state index in [9.17, 15) is 14.4 Å². The Bertz CT molecular complexity index is 1600. The largest absolute Gasteiger partial charge is 0.327 e. The van der Waals surface area contributed by atoms with Crippen molar-refractivity contribution in [3.8, 4) is 5.69 Å². The zero-order valence-electron chi connectivity index (χ0n) is 20.6. The Morgan fingerprint density at radius 1 is 0.946 bits per heavy atom. The third-order valence-corrected chi connectivity index (χ3v) is 6.55. The summed E-state index contributed by atoms with van der Waals surface area (Å²) in [5, 5.41) is 3.66. The number of aryl methyl sites for hydroxylation is 2. The molecule has 2 amide bonds. The number of H-pyrrole nitrogens is 1. The SMILES string of the molecule is CCCc1[nH]n(-c2cccc(Cl)c2)c(=O)c1C1=C([n+]2cccc(C)c2)C(=O)N(Cc2ccccc2)C1=O. The molecule has 1 N–H and O–H groups in total. The number of imide groups is 1. The topological polar surface area (TPSA) is 79.1 Å². The lowest BCUT2D eigenvalue weighted by molar-refractivity contribution is -0.577. The van der Waals surface area contributed by atoms with E-state index in [0.717, 1.165) is 17.5 Å². The van der Waals surface area contributed by atoms with Crippen LogP contribution in [0.3, 0.4) is 0 Å². The highest BCUT2D eigenvalue weighted by Gasteiger charge is 2.47. The lowest BCUT2D eigenvalue weighted by Gasteiger charge is -2.13. The molecule has 4 aromatic rings. The predicted molar refractivity (Wildman–Crippen MR) is 142 cm³/mol. The van der Waals surface area contributed by atoms with E-state index < -0.39 is 17.4 Å². The third-order valence-electron chi connectivity index (χ3n) is 6.32. The first-order chi connectivity index (χ1) is 17.9. The van der Waals surface area contributed by atoms with Crippen LogP contribution in [0.2, 0.25) is 5.02 Å². The monoisotopic (exact) mass is 513 g/mol. The molecule has 0 aliphatic carbocycles. The first-order valence-electron chi connectivity index (χ1n) is 12.1. The van der Waals surface area contributed by atoms with Crippen LogP contribution in [0.1, 0.15) is 35.7 Å². The van der Waals surface area contributed by atoms with Crippen LogP contribution in [-0.4, -0.2) is 26.5 Å². The summed E-state index contributed by atoms with van der Waals surface area (Å²) >= 11 is 6.19. The van der Waals surface area contributed by atoms with E-state index in [1.165, 1.54) is 9.58 Å². The van der Waals surface area contributed by atoms with Crippen LogP contribution >= 0.6 is 11.6 Å². The maximum absolute atomic E-state index is 13.9. The van der Waals surface area contributed by atoms with E-state index in [1.54, 1.807) is 41.2 Å². The number of amides is 2. The van der Waals surface area contributed by atoms with Crippen molar-refractivity contribution in [3.63, 3.8) is 0 Å². The number of benzene rings is 2. The summed E-state index contributed by atoms with van der Waals surface area (Å²) in [6, 6.07) is 20.0. The molecule has 0 saturated carbocycles. The first-order valence-corrected chi connectivity index (χ1v) is 12.5. The molecule has 0 bridgehead atoms. The summed E-state index contributed by atoms with van der Waals surface area (Å²) in [5.41, 5.74) is 2.93. The van der Waals surface area contributed by atoms with Gasteiger partial charge in [-0.3, -0.25) is 24.4 Å². The maximum Gasteiger partial charge on any atom is 0.327 e. The highest BCUT2D eigenvalue weighted by atomic mass is 35.5. The molecule has 0 atom stereocenters. The van der Waals surface area contributed by atoms with Crippen molar-refractivity contribution in [1.29, 1.82) is 0 Å². The molecular weight excluding hydrogens is 488 g/mol. The molecule has 0 spiro atoms. The average Bonchev–Trinajstić information content (AvgIpc) is 3.32. The van der Waals surface area contributed by atoms with Crippen LogP contribution in [0.25, 0.3) is 17.0 Å². The second kappa shape index (κ2) is 10.0. The number of halogens is 1. The lowest BCUT2D eigenvalue weighted by Crippen LogP contribution is -2.39. The van der Waals surface area contributed by atoms with Gasteiger partial charge >= 0.3 is 5.91 Å². The number of aromatic amines is 1. The summed E-state index contributed by atoms with van der Waals surface area (Å²) in [4.78, 5) is 42.9. The van der Waals surface area contributed by atoms with Gasteiger partial charge in [0.15, 0.2) is 12.4 Å². The number of carbonyl (C=O) groups excluding carboxylic acids is 2. The minimum absolute atomic E-state index is 0.0991. The Labute approximate surface area is 219 Å². The molecule has 0 fully saturated rings. The van der Waals surface area contributed by atoms with Crippen molar-refractivity contribution in [2.75, 3.05) is 0 Å². The number of hydrogen-bond acceptors (Lipinski definition) is 3. The predicted octanol–water partition coefficient (Wildman–Crippen LogP) is 4.30. The van der Waals surface area contributed by atoms with Gasteiger partial charge in [0.05, 0.1) is 17.8 Å². The van der Waals surface area contributed by atoms with Crippen LogP contribution in [0, 0.1) is 6.92 Å². The van der Waals surface area contributed by atoms with Gasteiger partial charge in [-0.2, -0.15) is 4.57 Å². The van der Waals surface area contributed by atoms with Crippen molar-refractivity contribution in [2.24, 2.45) is 0 Å². The number of nitrogens with one attached hydrogen (secondary N) is 1. The zero-order chi connectivity index (χ0) is 26.1. The molecule has 2 aromatic heterocycles. The van der Waals surface area contributed by atoms with E-state index in [4.69, 9.17) is 11.6 Å². The third kappa shape index (κ3) is 4.54. The van der Waals surface area contributed by atoms with Crippen LogP contribution in [0.5, 0.6) is 0 Å². The molecule has 8 heteroatoms. The standard InChI is InChI=1S/C29H25ClN4O3/c1-3-9-23-24(28(36)34(31-23)22-14-7-13-21(30)16-22)25-26(32-15-8-10-19(2)17-32)29(37)33(27(25)35)18-20-11-5-4-6-12-20/h4-8,10-17H,3,9,18H2,1-2H3/p+1. The van der Waals surface area contributed by atoms with Gasteiger partial charge in [-0.25, -0.2) is 4.68 Å². The molecule has 5 rings (SSSR count). The van der Waals surface area contributed by atoms with E-state index in [0.29, 0.717) is 22.8 Å². The number of pyridine rings is 1. The minimum atomic E-state index is -0.496. The van der Waals surface area contributed by atoms with E-state index in [-0.39, 0.29) is 23.4 Å². The highest BCUT2D eigenvalue weighted by Crippen LogP contribution is 2.31. The fourth-order valence-corrected chi connectivity index (χ4v) is 4.82. The number of nitrogens with zero attached hydrogens (tertiary/aromatic N) is 3. The average molecular weight is 514 g/mol. The Morgan fingerprint density at radius 2 is 1.73 bits per heavy atom. The van der Waals surface area contributed by atoms with Crippen molar-refractivity contribution < 1.29 is 14.2 Å². The van der Waals surface area contributed by atoms with Crippen LogP contribution in [0.4, 0.5) is 0 Å². The van der Waals surface area contributed by atoms with Crippen molar-refractivity contribution >= 4 is 34.7 Å². The smallest absolute Gasteiger partial charge is 0.294 e. The van der Waals surface area contributed by atoms with E-state index in [1.807, 2.05) is 56.3 Å². The summed E-state index contributed by atoms with van der Waals surface area (Å²) in [6.45, 7) is 4.01. The quantitative estimate of drug-likeness (QED) is 0.295. The summed E-state index contributed by atoms with van der Waals surface area (Å²) in [7, 11) is 0. The Morgan fingerprint density at radius 3 is 2.43 bits per heavy atom. The molecule has 2 aromatic carbocycles. The zero-order valence-corrected chi connectivity index (χ0v) is 21.3. The minimum Gasteiger partial charge on any atom is -0.294 e. The Balaban J connectivity index is 1.74. The normalized spacial score (nSPS) is 13.6. The van der Waals surface area contributed by atoms with Gasteiger partial charge in [0, 0.05) is 22.3 Å². The molecular formula is C29H26ClN4O3+. The summed E-state index contributed by atoms with van der Waals surface area (Å²) < 4.78 is 3.02. The van der Waals surface area contributed by atoms with Crippen LogP contribution < -0.4 is 10.1 Å². The highest BCUT2D eigenvalue weighted by molar-refractivity contribution is 6.44. The molecule has 186 valence electrons. The molecule has 7 nitrogen and oxygen atoms in total. The van der Waals surface area contributed by atoms with Gasteiger partial charge in [0.1, 0.15) is 5.57 Å². The Kier molecular flexibility index (Phi) is 6.63. The number of rotatable bonds is 7. The van der Waals surface area contributed by atoms with Crippen LogP contribution in [-0.2, 0) is 22.6 Å². The van der Waals surface area contributed by atoms with Gasteiger partial charge in [-0.1, -0.05) is 61.3 Å². The second-order valence-corrected chi connectivity index (χ2v) is 9.47. The molecule has 0 saturated heterocycles. The fourth-order valence-electron chi connectivity index (χ4n) is 4.64. The number of carbonyl (C=O) groups is 2. The maximum atomic E-state index is 13.9. The van der Waals surface area contributed by atoms with Crippen LogP contribution in [0.15, 0.2) is 83.9 Å². The van der Waals surface area contributed by atoms with E-state index in [2.05, 4.69) is 5.10 Å². The molecule has 3 heterocycles. The first kappa shape index (κ1) is 24.5. The van der Waals surface area contributed by atoms with Gasteiger partial charge in [-0.05, 0) is 43.2 Å². The lowest BCUT2D eigenvalue weighted by atomic mass is 10.0. The summed E-state index contributed by atoms with van der Waals surface area (Å²) in [6.07, 6.45) is 4.77. The Hall–Kier alpha value is -4.23. The second-order valence-electron chi connectivity index (χ2n) is 9.03. The fraction of sp³-hybridized carbons (Fsp3) is 0.172. The van der Waals surface area contributed by atoms with Crippen molar-refractivity contribution in [3.05, 3.63) is 117 Å².